The van der Waals surface area contributed by atoms with E-state index in [-0.39, 0.29) is 0 Å². The predicted octanol–water partition coefficient (Wildman–Crippen LogP) is 1.36. The fourth-order valence-electron chi connectivity index (χ4n) is 0.944. The summed E-state index contributed by atoms with van der Waals surface area (Å²) in [5.74, 6) is 0. The largest absolute Gasteiger partial charge is 0.328 e. The summed E-state index contributed by atoms with van der Waals surface area (Å²) in [6.45, 7) is 2.03. The zero-order valence-corrected chi connectivity index (χ0v) is 6.83. The Morgan fingerprint density at radius 1 is 1.45 bits per heavy atom. The quantitative estimate of drug-likeness (QED) is 0.706. The highest BCUT2D eigenvalue weighted by atomic mass is 14.6. The third kappa shape index (κ3) is 3.14. The van der Waals surface area contributed by atoms with Crippen molar-refractivity contribution in [2.75, 3.05) is 0 Å². The standard InChI is InChI=1S/C9H14N2/c1-8(10)2-3-9-4-6-11-7-5-9/h4-8H,2-3,10H2,1H3/t8-/m1/s1. The van der Waals surface area contributed by atoms with Gasteiger partial charge in [-0.25, -0.2) is 0 Å². The van der Waals surface area contributed by atoms with Crippen LogP contribution in [-0.4, -0.2) is 11.0 Å². The van der Waals surface area contributed by atoms with E-state index in [2.05, 4.69) is 4.98 Å². The highest BCUT2D eigenvalue weighted by Crippen LogP contribution is 2.01. The summed E-state index contributed by atoms with van der Waals surface area (Å²) in [5, 5.41) is 0. The topological polar surface area (TPSA) is 38.9 Å². The van der Waals surface area contributed by atoms with Gasteiger partial charge in [-0.15, -0.1) is 0 Å². The van der Waals surface area contributed by atoms with Crippen LogP contribution >= 0.6 is 0 Å². The maximum Gasteiger partial charge on any atom is 0.0270 e. The number of nitrogens with zero attached hydrogens (tertiary/aromatic N) is 1. The highest BCUT2D eigenvalue weighted by molar-refractivity contribution is 5.09. The Bertz CT molecular complexity index is 194. The molecule has 1 aromatic rings. The fraction of sp³-hybridized carbons (Fsp3) is 0.444. The van der Waals surface area contributed by atoms with Gasteiger partial charge in [-0.2, -0.15) is 0 Å². The lowest BCUT2D eigenvalue weighted by molar-refractivity contribution is 0.666. The van der Waals surface area contributed by atoms with Gasteiger partial charge in [0.15, 0.2) is 0 Å². The first kappa shape index (κ1) is 8.21. The lowest BCUT2D eigenvalue weighted by atomic mass is 10.1. The molecular formula is C9H14N2. The first-order valence-electron chi connectivity index (χ1n) is 3.93. The van der Waals surface area contributed by atoms with Crippen LogP contribution in [0.2, 0.25) is 0 Å². The first-order valence-corrected chi connectivity index (χ1v) is 3.93. The Morgan fingerprint density at radius 3 is 2.64 bits per heavy atom. The van der Waals surface area contributed by atoms with Gasteiger partial charge in [-0.3, -0.25) is 4.98 Å². The molecule has 0 bridgehead atoms. The Balaban J connectivity index is 2.39. The lowest BCUT2D eigenvalue weighted by Gasteiger charge is -2.03. The average Bonchev–Trinajstić information content (AvgIpc) is 2.03. The monoisotopic (exact) mass is 150 g/mol. The van der Waals surface area contributed by atoms with Crippen molar-refractivity contribution in [3.05, 3.63) is 30.1 Å². The van der Waals surface area contributed by atoms with Crippen LogP contribution in [0.5, 0.6) is 0 Å². The number of hydrogen-bond acceptors (Lipinski definition) is 2. The third-order valence-electron chi connectivity index (χ3n) is 1.64. The van der Waals surface area contributed by atoms with Crippen LogP contribution in [-0.2, 0) is 6.42 Å². The predicted molar refractivity (Wildman–Crippen MR) is 46.2 cm³/mol. The van der Waals surface area contributed by atoms with Gasteiger partial charge in [-0.05, 0) is 37.5 Å². The van der Waals surface area contributed by atoms with E-state index in [9.17, 15) is 0 Å². The second kappa shape index (κ2) is 4.09. The average molecular weight is 150 g/mol. The SMILES string of the molecule is C[C@@H](N)CCc1ccncc1. The van der Waals surface area contributed by atoms with Gasteiger partial charge in [0, 0.05) is 18.4 Å². The second-order valence-corrected chi connectivity index (χ2v) is 2.87. The molecule has 2 N–H and O–H groups in total. The van der Waals surface area contributed by atoms with Gasteiger partial charge in [0.2, 0.25) is 0 Å². The summed E-state index contributed by atoms with van der Waals surface area (Å²) in [7, 11) is 0. The van der Waals surface area contributed by atoms with Gasteiger partial charge in [0.05, 0.1) is 0 Å². The van der Waals surface area contributed by atoms with Crippen LogP contribution < -0.4 is 5.73 Å². The van der Waals surface area contributed by atoms with E-state index in [1.165, 1.54) is 5.56 Å². The molecule has 0 aromatic carbocycles. The molecule has 0 aliphatic carbocycles. The smallest absolute Gasteiger partial charge is 0.0270 e. The Morgan fingerprint density at radius 2 is 2.09 bits per heavy atom. The van der Waals surface area contributed by atoms with E-state index in [1.54, 1.807) is 0 Å². The van der Waals surface area contributed by atoms with Gasteiger partial charge in [-0.1, -0.05) is 0 Å². The summed E-state index contributed by atoms with van der Waals surface area (Å²) < 4.78 is 0. The Kier molecular flexibility index (Phi) is 3.05. The molecular weight excluding hydrogens is 136 g/mol. The van der Waals surface area contributed by atoms with Crippen LogP contribution in [0, 0.1) is 0 Å². The minimum absolute atomic E-state index is 0.295. The number of rotatable bonds is 3. The maximum atomic E-state index is 5.62. The van der Waals surface area contributed by atoms with Gasteiger partial charge in [0.1, 0.15) is 0 Å². The van der Waals surface area contributed by atoms with Crippen molar-refractivity contribution in [3.8, 4) is 0 Å². The lowest BCUT2D eigenvalue weighted by Crippen LogP contribution is -2.15. The zero-order valence-electron chi connectivity index (χ0n) is 6.83. The molecule has 0 saturated carbocycles. The first-order chi connectivity index (χ1) is 5.29. The van der Waals surface area contributed by atoms with Crippen LogP contribution in [0.3, 0.4) is 0 Å². The van der Waals surface area contributed by atoms with E-state index < -0.39 is 0 Å². The second-order valence-electron chi connectivity index (χ2n) is 2.87. The number of aromatic nitrogens is 1. The Hall–Kier alpha value is -0.890. The number of pyridine rings is 1. The van der Waals surface area contributed by atoms with Gasteiger partial charge >= 0.3 is 0 Å². The van der Waals surface area contributed by atoms with E-state index in [4.69, 9.17) is 5.73 Å². The van der Waals surface area contributed by atoms with Crippen molar-refractivity contribution in [3.63, 3.8) is 0 Å². The number of aryl methyl sites for hydroxylation is 1. The summed E-state index contributed by atoms with van der Waals surface area (Å²) in [4.78, 5) is 3.94. The molecule has 2 nitrogen and oxygen atoms in total. The molecule has 0 aliphatic rings. The minimum atomic E-state index is 0.295. The van der Waals surface area contributed by atoms with Crippen molar-refractivity contribution >= 4 is 0 Å². The molecule has 1 heterocycles. The van der Waals surface area contributed by atoms with Gasteiger partial charge in [0.25, 0.3) is 0 Å². The van der Waals surface area contributed by atoms with Crippen LogP contribution in [0.1, 0.15) is 18.9 Å². The Labute approximate surface area is 67.5 Å². The maximum absolute atomic E-state index is 5.62. The van der Waals surface area contributed by atoms with Crippen molar-refractivity contribution in [2.45, 2.75) is 25.8 Å². The molecule has 0 unspecified atom stereocenters. The molecule has 2 heteroatoms. The van der Waals surface area contributed by atoms with Crippen LogP contribution in [0.25, 0.3) is 0 Å². The number of nitrogens with two attached hydrogens (primary N) is 1. The van der Waals surface area contributed by atoms with Crippen LogP contribution in [0.15, 0.2) is 24.5 Å². The van der Waals surface area contributed by atoms with E-state index in [0.717, 1.165) is 12.8 Å². The summed E-state index contributed by atoms with van der Waals surface area (Å²) >= 11 is 0. The summed E-state index contributed by atoms with van der Waals surface area (Å²) in [5.41, 5.74) is 6.94. The molecule has 0 amide bonds. The van der Waals surface area contributed by atoms with Crippen molar-refractivity contribution in [1.82, 2.24) is 4.98 Å². The molecule has 0 saturated heterocycles. The molecule has 1 atom stereocenters. The third-order valence-corrected chi connectivity index (χ3v) is 1.64. The fourth-order valence-corrected chi connectivity index (χ4v) is 0.944. The van der Waals surface area contributed by atoms with Crippen molar-refractivity contribution < 1.29 is 0 Å². The van der Waals surface area contributed by atoms with Gasteiger partial charge < -0.3 is 5.73 Å². The van der Waals surface area contributed by atoms with E-state index in [1.807, 2.05) is 31.5 Å². The number of hydrogen-bond donors (Lipinski definition) is 1. The van der Waals surface area contributed by atoms with Crippen molar-refractivity contribution in [1.29, 1.82) is 0 Å². The molecule has 1 aromatic heterocycles. The minimum Gasteiger partial charge on any atom is -0.328 e. The van der Waals surface area contributed by atoms with Crippen molar-refractivity contribution in [2.24, 2.45) is 5.73 Å². The molecule has 0 fully saturated rings. The highest BCUT2D eigenvalue weighted by Gasteiger charge is 1.94. The van der Waals surface area contributed by atoms with Crippen LogP contribution in [0.4, 0.5) is 0 Å². The zero-order chi connectivity index (χ0) is 8.10. The normalized spacial score (nSPS) is 12.9. The van der Waals surface area contributed by atoms with E-state index in [0.29, 0.717) is 6.04 Å². The van der Waals surface area contributed by atoms with E-state index >= 15 is 0 Å². The molecule has 0 spiro atoms. The molecule has 11 heavy (non-hydrogen) atoms. The summed E-state index contributed by atoms with van der Waals surface area (Å²) in [6.07, 6.45) is 5.73. The molecule has 60 valence electrons. The molecule has 1 rings (SSSR count). The molecule has 0 aliphatic heterocycles. The molecule has 0 radical (unpaired) electrons. The summed E-state index contributed by atoms with van der Waals surface area (Å²) in [6, 6.07) is 4.35.